The van der Waals surface area contributed by atoms with Gasteiger partial charge in [0, 0.05) is 12.1 Å². The number of nitrogens with two attached hydrogens (primary N) is 1. The summed E-state index contributed by atoms with van der Waals surface area (Å²) in [6.07, 6.45) is 6.81. The van der Waals surface area contributed by atoms with Crippen molar-refractivity contribution in [2.45, 2.75) is 46.0 Å². The van der Waals surface area contributed by atoms with Gasteiger partial charge in [-0.25, -0.2) is 15.8 Å². The van der Waals surface area contributed by atoms with Gasteiger partial charge in [0.2, 0.25) is 0 Å². The summed E-state index contributed by atoms with van der Waals surface area (Å²) in [5.41, 5.74) is 3.60. The largest absolute Gasteiger partial charge is 0.370 e. The average molecular weight is 249 g/mol. The van der Waals surface area contributed by atoms with E-state index in [4.69, 9.17) is 5.84 Å². The lowest BCUT2D eigenvalue weighted by atomic mass is 10.0. The number of nitrogen functional groups attached to an aromatic ring is 1. The van der Waals surface area contributed by atoms with Crippen LogP contribution in [0, 0.1) is 19.8 Å². The standard InChI is InChI=1S/C13H23N5/c1-9-12(16-10(2)17-13(9)18-14)15-8-7-11-5-3-4-6-11/h11H,3-8,14H2,1-2H3,(H2,15,16,17,18). The molecule has 100 valence electrons. The summed E-state index contributed by atoms with van der Waals surface area (Å²) in [4.78, 5) is 8.68. The molecule has 1 aliphatic carbocycles. The van der Waals surface area contributed by atoms with Crippen LogP contribution in [0.3, 0.4) is 0 Å². The van der Waals surface area contributed by atoms with E-state index < -0.39 is 0 Å². The number of nitrogens with zero attached hydrogens (tertiary/aromatic N) is 2. The Bertz CT molecular complexity index is 399. The Morgan fingerprint density at radius 2 is 1.83 bits per heavy atom. The van der Waals surface area contributed by atoms with E-state index in [1.807, 2.05) is 13.8 Å². The van der Waals surface area contributed by atoms with Gasteiger partial charge in [-0.15, -0.1) is 0 Å². The van der Waals surface area contributed by atoms with E-state index >= 15 is 0 Å². The van der Waals surface area contributed by atoms with E-state index in [0.717, 1.165) is 29.7 Å². The summed E-state index contributed by atoms with van der Waals surface area (Å²) in [7, 11) is 0. The van der Waals surface area contributed by atoms with Gasteiger partial charge >= 0.3 is 0 Å². The van der Waals surface area contributed by atoms with Crippen molar-refractivity contribution in [3.05, 3.63) is 11.4 Å². The van der Waals surface area contributed by atoms with Crippen molar-refractivity contribution in [3.63, 3.8) is 0 Å². The second-order valence-corrected chi connectivity index (χ2v) is 5.10. The van der Waals surface area contributed by atoms with Gasteiger partial charge in [-0.05, 0) is 26.2 Å². The number of rotatable bonds is 5. The van der Waals surface area contributed by atoms with Crippen LogP contribution in [-0.2, 0) is 0 Å². The molecule has 1 saturated carbocycles. The second kappa shape index (κ2) is 6.00. The first kappa shape index (κ1) is 13.1. The van der Waals surface area contributed by atoms with E-state index in [2.05, 4.69) is 20.7 Å². The molecule has 1 fully saturated rings. The first-order valence-corrected chi connectivity index (χ1v) is 6.76. The van der Waals surface area contributed by atoms with Crippen molar-refractivity contribution in [2.75, 3.05) is 17.3 Å². The number of anilines is 2. The Morgan fingerprint density at radius 3 is 2.50 bits per heavy atom. The predicted octanol–water partition coefficient (Wildman–Crippen LogP) is 2.37. The highest BCUT2D eigenvalue weighted by atomic mass is 15.3. The molecule has 0 atom stereocenters. The van der Waals surface area contributed by atoms with E-state index in [0.29, 0.717) is 5.82 Å². The minimum absolute atomic E-state index is 0.700. The van der Waals surface area contributed by atoms with Gasteiger partial charge in [-0.3, -0.25) is 0 Å². The quantitative estimate of drug-likeness (QED) is 0.552. The Kier molecular flexibility index (Phi) is 4.36. The topological polar surface area (TPSA) is 75.9 Å². The molecule has 1 aromatic rings. The third-order valence-corrected chi connectivity index (χ3v) is 3.71. The molecule has 0 spiro atoms. The second-order valence-electron chi connectivity index (χ2n) is 5.10. The van der Waals surface area contributed by atoms with Crippen molar-refractivity contribution in [2.24, 2.45) is 11.8 Å². The minimum atomic E-state index is 0.700. The smallest absolute Gasteiger partial charge is 0.148 e. The van der Waals surface area contributed by atoms with Crippen LogP contribution in [0.5, 0.6) is 0 Å². The van der Waals surface area contributed by atoms with Crippen molar-refractivity contribution in [1.82, 2.24) is 9.97 Å². The number of hydrazine groups is 1. The third-order valence-electron chi connectivity index (χ3n) is 3.71. The molecular weight excluding hydrogens is 226 g/mol. The number of hydrogen-bond acceptors (Lipinski definition) is 5. The zero-order chi connectivity index (χ0) is 13.0. The number of nitrogens with one attached hydrogen (secondary N) is 2. The first-order valence-electron chi connectivity index (χ1n) is 6.76. The summed E-state index contributed by atoms with van der Waals surface area (Å²) >= 11 is 0. The third kappa shape index (κ3) is 3.10. The maximum Gasteiger partial charge on any atom is 0.148 e. The molecule has 0 radical (unpaired) electrons. The summed E-state index contributed by atoms with van der Waals surface area (Å²) in [6, 6.07) is 0. The van der Waals surface area contributed by atoms with E-state index in [9.17, 15) is 0 Å². The molecule has 1 aliphatic rings. The van der Waals surface area contributed by atoms with Crippen LogP contribution in [0.4, 0.5) is 11.6 Å². The van der Waals surface area contributed by atoms with Crippen LogP contribution < -0.4 is 16.6 Å². The van der Waals surface area contributed by atoms with Crippen LogP contribution in [-0.4, -0.2) is 16.5 Å². The summed E-state index contributed by atoms with van der Waals surface area (Å²) in [5, 5.41) is 3.41. The van der Waals surface area contributed by atoms with E-state index in [1.54, 1.807) is 0 Å². The van der Waals surface area contributed by atoms with Crippen LogP contribution in [0.25, 0.3) is 0 Å². The van der Waals surface area contributed by atoms with Crippen molar-refractivity contribution in [3.8, 4) is 0 Å². The molecule has 0 saturated heterocycles. The van der Waals surface area contributed by atoms with Gasteiger partial charge < -0.3 is 10.7 Å². The zero-order valence-electron chi connectivity index (χ0n) is 11.3. The molecule has 0 aliphatic heterocycles. The van der Waals surface area contributed by atoms with Gasteiger partial charge in [0.15, 0.2) is 0 Å². The van der Waals surface area contributed by atoms with Crippen LogP contribution >= 0.6 is 0 Å². The maximum atomic E-state index is 5.45. The lowest BCUT2D eigenvalue weighted by Gasteiger charge is -2.14. The fraction of sp³-hybridized carbons (Fsp3) is 0.692. The average Bonchev–Trinajstić information content (AvgIpc) is 2.86. The molecular formula is C13H23N5. The van der Waals surface area contributed by atoms with Gasteiger partial charge in [0.25, 0.3) is 0 Å². The predicted molar refractivity (Wildman–Crippen MR) is 74.4 cm³/mol. The van der Waals surface area contributed by atoms with Crippen molar-refractivity contribution < 1.29 is 0 Å². The molecule has 2 rings (SSSR count). The van der Waals surface area contributed by atoms with Gasteiger partial charge in [-0.1, -0.05) is 25.7 Å². The molecule has 5 nitrogen and oxygen atoms in total. The minimum Gasteiger partial charge on any atom is -0.370 e. The van der Waals surface area contributed by atoms with Gasteiger partial charge in [-0.2, -0.15) is 0 Å². The normalized spacial score (nSPS) is 15.9. The molecule has 4 N–H and O–H groups in total. The molecule has 5 heteroatoms. The Balaban J connectivity index is 1.93. The SMILES string of the molecule is Cc1nc(NN)c(C)c(NCCC2CCCC2)n1. The lowest BCUT2D eigenvalue weighted by molar-refractivity contribution is 0.518. The molecule has 0 unspecified atom stereocenters. The fourth-order valence-corrected chi connectivity index (χ4v) is 2.63. The lowest BCUT2D eigenvalue weighted by Crippen LogP contribution is -2.15. The molecule has 0 aromatic carbocycles. The fourth-order valence-electron chi connectivity index (χ4n) is 2.63. The molecule has 18 heavy (non-hydrogen) atoms. The molecule has 1 aromatic heterocycles. The van der Waals surface area contributed by atoms with Gasteiger partial charge in [0.05, 0.1) is 0 Å². The first-order chi connectivity index (χ1) is 8.70. The van der Waals surface area contributed by atoms with E-state index in [-0.39, 0.29) is 0 Å². The van der Waals surface area contributed by atoms with Crippen LogP contribution in [0.15, 0.2) is 0 Å². The van der Waals surface area contributed by atoms with Crippen LogP contribution in [0.2, 0.25) is 0 Å². The monoisotopic (exact) mass is 249 g/mol. The van der Waals surface area contributed by atoms with Gasteiger partial charge in [0.1, 0.15) is 17.5 Å². The Hall–Kier alpha value is -1.36. The van der Waals surface area contributed by atoms with Crippen LogP contribution in [0.1, 0.15) is 43.5 Å². The summed E-state index contributed by atoms with van der Waals surface area (Å²) in [5.74, 6) is 8.67. The number of hydrogen-bond donors (Lipinski definition) is 3. The summed E-state index contributed by atoms with van der Waals surface area (Å²) in [6.45, 7) is 4.83. The zero-order valence-corrected chi connectivity index (χ0v) is 11.3. The number of aromatic nitrogens is 2. The highest BCUT2D eigenvalue weighted by Crippen LogP contribution is 2.27. The van der Waals surface area contributed by atoms with E-state index in [1.165, 1.54) is 32.1 Å². The van der Waals surface area contributed by atoms with Crippen molar-refractivity contribution >= 4 is 11.6 Å². The van der Waals surface area contributed by atoms with Crippen molar-refractivity contribution in [1.29, 1.82) is 0 Å². The summed E-state index contributed by atoms with van der Waals surface area (Å²) < 4.78 is 0. The highest BCUT2D eigenvalue weighted by molar-refractivity contribution is 5.56. The maximum absolute atomic E-state index is 5.45. The molecule has 1 heterocycles. The molecule has 0 bridgehead atoms. The Labute approximate surface area is 109 Å². The molecule has 0 amide bonds. The number of aryl methyl sites for hydroxylation is 1. The highest BCUT2D eigenvalue weighted by Gasteiger charge is 2.15. The Morgan fingerprint density at radius 1 is 1.17 bits per heavy atom.